The fourth-order valence-corrected chi connectivity index (χ4v) is 4.35. The summed E-state index contributed by atoms with van der Waals surface area (Å²) in [4.78, 5) is 0. The molecule has 6 atom stereocenters. The Morgan fingerprint density at radius 3 is 2.78 bits per heavy atom. The predicted molar refractivity (Wildman–Crippen MR) is 74.3 cm³/mol. The van der Waals surface area contributed by atoms with Crippen LogP contribution < -0.4 is 5.32 Å². The lowest BCUT2D eigenvalue weighted by Crippen LogP contribution is -2.39. The second-order valence-electron chi connectivity index (χ2n) is 6.83. The van der Waals surface area contributed by atoms with E-state index < -0.39 is 0 Å². The van der Waals surface area contributed by atoms with Gasteiger partial charge in [0.05, 0.1) is 6.10 Å². The molecule has 3 aliphatic carbocycles. The van der Waals surface area contributed by atoms with Crippen molar-refractivity contribution >= 4 is 0 Å². The topological polar surface area (TPSA) is 32.3 Å². The third kappa shape index (κ3) is 2.65. The minimum absolute atomic E-state index is 0.0358. The summed E-state index contributed by atoms with van der Waals surface area (Å²) in [6.45, 7) is 3.47. The van der Waals surface area contributed by atoms with Crippen molar-refractivity contribution in [2.45, 2.75) is 57.6 Å². The highest BCUT2D eigenvalue weighted by Crippen LogP contribution is 2.44. The molecule has 102 valence electrons. The zero-order valence-electron chi connectivity index (χ0n) is 11.5. The first-order valence-corrected chi connectivity index (χ1v) is 7.82. The van der Waals surface area contributed by atoms with Gasteiger partial charge in [0.25, 0.3) is 0 Å². The largest absolute Gasteiger partial charge is 0.393 e. The molecule has 0 aliphatic heterocycles. The standard InChI is InChI=1S/C16H27NO/c1-11(16-9-12-5-6-14(16)7-12)17-10-13-3-2-4-15(18)8-13/h5-6,11-18H,2-4,7-10H2,1H3. The second kappa shape index (κ2) is 5.34. The molecule has 2 N–H and O–H groups in total. The zero-order valence-corrected chi connectivity index (χ0v) is 11.5. The van der Waals surface area contributed by atoms with Crippen LogP contribution in [-0.4, -0.2) is 23.8 Å². The Balaban J connectivity index is 1.44. The zero-order chi connectivity index (χ0) is 12.5. The third-order valence-corrected chi connectivity index (χ3v) is 5.46. The van der Waals surface area contributed by atoms with Crippen molar-refractivity contribution in [2.24, 2.45) is 23.7 Å². The van der Waals surface area contributed by atoms with Gasteiger partial charge >= 0.3 is 0 Å². The molecular weight excluding hydrogens is 222 g/mol. The first-order chi connectivity index (χ1) is 8.72. The lowest BCUT2D eigenvalue weighted by atomic mass is 9.85. The summed E-state index contributed by atoms with van der Waals surface area (Å²) < 4.78 is 0. The van der Waals surface area contributed by atoms with Crippen molar-refractivity contribution in [1.29, 1.82) is 0 Å². The van der Waals surface area contributed by atoms with Crippen LogP contribution in [0.1, 0.15) is 45.4 Å². The number of rotatable bonds is 4. The molecule has 0 heterocycles. The SMILES string of the molecule is CC(NCC1CCCC(O)C1)C1CC2C=CC1C2. The molecule has 0 spiro atoms. The normalized spacial score (nSPS) is 44.4. The molecule has 0 aromatic carbocycles. The van der Waals surface area contributed by atoms with E-state index in [2.05, 4.69) is 24.4 Å². The Morgan fingerprint density at radius 2 is 2.11 bits per heavy atom. The average Bonchev–Trinajstić information content (AvgIpc) is 2.98. The summed E-state index contributed by atoms with van der Waals surface area (Å²) in [6.07, 6.45) is 12.2. The van der Waals surface area contributed by atoms with E-state index in [0.29, 0.717) is 12.0 Å². The number of hydrogen-bond acceptors (Lipinski definition) is 2. The molecular formula is C16H27NO. The maximum absolute atomic E-state index is 9.71. The number of fused-ring (bicyclic) bond motifs is 2. The molecule has 18 heavy (non-hydrogen) atoms. The van der Waals surface area contributed by atoms with Crippen LogP contribution in [0.15, 0.2) is 12.2 Å². The van der Waals surface area contributed by atoms with Crippen LogP contribution >= 0.6 is 0 Å². The van der Waals surface area contributed by atoms with Crippen molar-refractivity contribution in [1.82, 2.24) is 5.32 Å². The van der Waals surface area contributed by atoms with E-state index in [4.69, 9.17) is 0 Å². The lowest BCUT2D eigenvalue weighted by Gasteiger charge is -2.30. The van der Waals surface area contributed by atoms with E-state index in [9.17, 15) is 5.11 Å². The maximum atomic E-state index is 9.71. The van der Waals surface area contributed by atoms with Gasteiger partial charge in [-0.3, -0.25) is 0 Å². The van der Waals surface area contributed by atoms with Gasteiger partial charge in [0.15, 0.2) is 0 Å². The highest BCUT2D eigenvalue weighted by Gasteiger charge is 2.38. The Labute approximate surface area is 111 Å². The van der Waals surface area contributed by atoms with Gasteiger partial charge in [-0.1, -0.05) is 18.6 Å². The molecule has 0 aromatic heterocycles. The van der Waals surface area contributed by atoms with Crippen molar-refractivity contribution in [3.63, 3.8) is 0 Å². The summed E-state index contributed by atoms with van der Waals surface area (Å²) in [5, 5.41) is 13.5. The quantitative estimate of drug-likeness (QED) is 0.751. The highest BCUT2D eigenvalue weighted by atomic mass is 16.3. The molecule has 2 heteroatoms. The molecule has 2 fully saturated rings. The highest BCUT2D eigenvalue weighted by molar-refractivity contribution is 5.11. The predicted octanol–water partition coefficient (Wildman–Crippen LogP) is 2.73. The molecule has 2 bridgehead atoms. The van der Waals surface area contributed by atoms with E-state index in [1.165, 1.54) is 25.7 Å². The third-order valence-electron chi connectivity index (χ3n) is 5.46. The first-order valence-electron chi connectivity index (χ1n) is 7.82. The van der Waals surface area contributed by atoms with Crippen molar-refractivity contribution < 1.29 is 5.11 Å². The maximum Gasteiger partial charge on any atom is 0.0543 e. The molecule has 6 unspecified atom stereocenters. The molecule has 0 amide bonds. The van der Waals surface area contributed by atoms with E-state index >= 15 is 0 Å². The van der Waals surface area contributed by atoms with Crippen LogP contribution in [0.25, 0.3) is 0 Å². The Morgan fingerprint density at radius 1 is 1.22 bits per heavy atom. The summed E-state index contributed by atoms with van der Waals surface area (Å²) in [5.41, 5.74) is 0. The van der Waals surface area contributed by atoms with E-state index in [1.54, 1.807) is 0 Å². The number of aliphatic hydroxyl groups is 1. The first kappa shape index (κ1) is 12.7. The molecule has 0 saturated heterocycles. The smallest absolute Gasteiger partial charge is 0.0543 e. The van der Waals surface area contributed by atoms with Gasteiger partial charge < -0.3 is 10.4 Å². The monoisotopic (exact) mass is 249 g/mol. The summed E-state index contributed by atoms with van der Waals surface area (Å²) in [6, 6.07) is 0.643. The van der Waals surface area contributed by atoms with Crippen LogP contribution in [0, 0.1) is 23.7 Å². The molecule has 0 aromatic rings. The van der Waals surface area contributed by atoms with Crippen molar-refractivity contribution in [3.8, 4) is 0 Å². The van der Waals surface area contributed by atoms with Gasteiger partial charge in [-0.2, -0.15) is 0 Å². The van der Waals surface area contributed by atoms with Gasteiger partial charge in [0.2, 0.25) is 0 Å². The fraction of sp³-hybridized carbons (Fsp3) is 0.875. The Bertz CT molecular complexity index is 314. The second-order valence-corrected chi connectivity index (χ2v) is 6.83. The minimum Gasteiger partial charge on any atom is -0.393 e. The van der Waals surface area contributed by atoms with Crippen molar-refractivity contribution in [3.05, 3.63) is 12.2 Å². The Kier molecular flexibility index (Phi) is 3.76. The summed E-state index contributed by atoms with van der Waals surface area (Å²) in [5.74, 6) is 3.27. The van der Waals surface area contributed by atoms with Crippen LogP contribution in [0.3, 0.4) is 0 Å². The van der Waals surface area contributed by atoms with Gasteiger partial charge in [-0.25, -0.2) is 0 Å². The Hall–Kier alpha value is -0.340. The van der Waals surface area contributed by atoms with E-state index in [0.717, 1.165) is 37.1 Å². The van der Waals surface area contributed by atoms with Crippen molar-refractivity contribution in [2.75, 3.05) is 6.54 Å². The van der Waals surface area contributed by atoms with E-state index in [1.807, 2.05) is 0 Å². The minimum atomic E-state index is -0.0358. The fourth-order valence-electron chi connectivity index (χ4n) is 4.35. The average molecular weight is 249 g/mol. The number of hydrogen-bond donors (Lipinski definition) is 2. The van der Waals surface area contributed by atoms with Crippen LogP contribution in [0.2, 0.25) is 0 Å². The number of aliphatic hydroxyl groups excluding tert-OH is 1. The molecule has 3 aliphatic rings. The summed E-state index contributed by atoms with van der Waals surface area (Å²) in [7, 11) is 0. The van der Waals surface area contributed by atoms with Gasteiger partial charge in [-0.15, -0.1) is 0 Å². The van der Waals surface area contributed by atoms with Gasteiger partial charge in [-0.05, 0) is 69.2 Å². The summed E-state index contributed by atoms with van der Waals surface area (Å²) >= 11 is 0. The van der Waals surface area contributed by atoms with Crippen LogP contribution in [0.5, 0.6) is 0 Å². The van der Waals surface area contributed by atoms with Gasteiger partial charge in [0, 0.05) is 6.04 Å². The van der Waals surface area contributed by atoms with E-state index in [-0.39, 0.29) is 6.10 Å². The molecule has 0 radical (unpaired) electrons. The number of nitrogens with one attached hydrogen (secondary N) is 1. The van der Waals surface area contributed by atoms with Gasteiger partial charge in [0.1, 0.15) is 0 Å². The molecule has 2 nitrogen and oxygen atoms in total. The lowest BCUT2D eigenvalue weighted by molar-refractivity contribution is 0.0986. The van der Waals surface area contributed by atoms with Crippen LogP contribution in [-0.2, 0) is 0 Å². The number of allylic oxidation sites excluding steroid dienone is 2. The van der Waals surface area contributed by atoms with Crippen LogP contribution in [0.4, 0.5) is 0 Å². The molecule has 3 rings (SSSR count). The molecule has 2 saturated carbocycles.